The smallest absolute Gasteiger partial charge is 0.178 e. The van der Waals surface area contributed by atoms with Crippen molar-refractivity contribution in [3.05, 3.63) is 26.5 Å². The molecule has 1 aromatic heterocycles. The number of aromatic nitrogens is 2. The van der Waals surface area contributed by atoms with Crippen LogP contribution in [0.3, 0.4) is 0 Å². The van der Waals surface area contributed by atoms with Gasteiger partial charge in [0.2, 0.25) is 0 Å². The standard InChI is InChI=1S/C13H15IN2S/c1-13(2,8-3-4-8)16-11-6-5-9(14)7-10(11)15-12(16)17/h5-8H,3-4H2,1-2H3,(H,15,17). The predicted octanol–water partition coefficient (Wildman–Crippen LogP) is 4.45. The zero-order chi connectivity index (χ0) is 12.2. The third kappa shape index (κ3) is 1.85. The van der Waals surface area contributed by atoms with Crippen molar-refractivity contribution in [1.82, 2.24) is 9.55 Å². The van der Waals surface area contributed by atoms with E-state index in [1.807, 2.05) is 0 Å². The van der Waals surface area contributed by atoms with Crippen LogP contribution in [0.15, 0.2) is 18.2 Å². The Morgan fingerprint density at radius 2 is 2.12 bits per heavy atom. The first-order valence-electron chi connectivity index (χ1n) is 5.91. The number of aromatic amines is 1. The molecule has 1 N–H and O–H groups in total. The number of hydrogen-bond donors (Lipinski definition) is 1. The maximum absolute atomic E-state index is 5.50. The Kier molecular flexibility index (Phi) is 2.63. The number of benzene rings is 1. The molecular weight excluding hydrogens is 343 g/mol. The molecule has 1 aromatic carbocycles. The number of H-pyrrole nitrogens is 1. The van der Waals surface area contributed by atoms with Crippen molar-refractivity contribution in [3.8, 4) is 0 Å². The van der Waals surface area contributed by atoms with Crippen LogP contribution < -0.4 is 0 Å². The third-order valence-electron chi connectivity index (χ3n) is 3.80. The van der Waals surface area contributed by atoms with E-state index in [1.165, 1.54) is 21.9 Å². The lowest BCUT2D eigenvalue weighted by atomic mass is 9.98. The SMILES string of the molecule is CC(C)(C1CC1)n1c(=S)[nH]c2cc(I)ccc21. The number of imidazole rings is 1. The Hall–Kier alpha value is -0.360. The Morgan fingerprint density at radius 1 is 1.41 bits per heavy atom. The summed E-state index contributed by atoms with van der Waals surface area (Å²) in [6.07, 6.45) is 2.65. The summed E-state index contributed by atoms with van der Waals surface area (Å²) in [6.45, 7) is 4.59. The molecule has 2 aromatic rings. The molecule has 0 unspecified atom stereocenters. The first-order valence-corrected chi connectivity index (χ1v) is 7.39. The van der Waals surface area contributed by atoms with Crippen LogP contribution in [-0.2, 0) is 5.54 Å². The zero-order valence-corrected chi connectivity index (χ0v) is 12.9. The Bertz CT molecular complexity index is 634. The second-order valence-electron chi connectivity index (χ2n) is 5.35. The number of fused-ring (bicyclic) bond motifs is 1. The van der Waals surface area contributed by atoms with Crippen molar-refractivity contribution in [2.45, 2.75) is 32.2 Å². The molecule has 0 bridgehead atoms. The van der Waals surface area contributed by atoms with Crippen LogP contribution in [0.5, 0.6) is 0 Å². The molecule has 0 radical (unpaired) electrons. The van der Waals surface area contributed by atoms with E-state index < -0.39 is 0 Å². The molecule has 0 spiro atoms. The van der Waals surface area contributed by atoms with Crippen LogP contribution in [0, 0.1) is 14.3 Å². The van der Waals surface area contributed by atoms with Gasteiger partial charge in [-0.25, -0.2) is 0 Å². The van der Waals surface area contributed by atoms with Gasteiger partial charge in [0.05, 0.1) is 11.0 Å². The van der Waals surface area contributed by atoms with E-state index in [0.29, 0.717) is 0 Å². The van der Waals surface area contributed by atoms with Crippen LogP contribution in [0.25, 0.3) is 11.0 Å². The number of hydrogen-bond acceptors (Lipinski definition) is 1. The molecule has 17 heavy (non-hydrogen) atoms. The average Bonchev–Trinajstić information content (AvgIpc) is 3.01. The van der Waals surface area contributed by atoms with Crippen molar-refractivity contribution in [2.75, 3.05) is 0 Å². The fourth-order valence-corrected chi connectivity index (χ4v) is 3.56. The van der Waals surface area contributed by atoms with Gasteiger partial charge in [-0.3, -0.25) is 0 Å². The zero-order valence-electron chi connectivity index (χ0n) is 9.96. The van der Waals surface area contributed by atoms with E-state index in [0.717, 1.165) is 16.2 Å². The normalized spacial score (nSPS) is 16.6. The van der Waals surface area contributed by atoms with Crippen molar-refractivity contribution < 1.29 is 0 Å². The highest BCUT2D eigenvalue weighted by Crippen LogP contribution is 2.45. The monoisotopic (exact) mass is 358 g/mol. The molecule has 2 nitrogen and oxygen atoms in total. The van der Waals surface area contributed by atoms with Crippen LogP contribution >= 0.6 is 34.8 Å². The Morgan fingerprint density at radius 3 is 2.76 bits per heavy atom. The van der Waals surface area contributed by atoms with Crippen molar-refractivity contribution in [1.29, 1.82) is 0 Å². The van der Waals surface area contributed by atoms with Crippen LogP contribution in [0.2, 0.25) is 0 Å². The highest BCUT2D eigenvalue weighted by Gasteiger charge is 2.40. The number of rotatable bonds is 2. The highest BCUT2D eigenvalue weighted by atomic mass is 127. The van der Waals surface area contributed by atoms with E-state index in [-0.39, 0.29) is 5.54 Å². The summed E-state index contributed by atoms with van der Waals surface area (Å²) in [5, 5.41) is 0. The van der Waals surface area contributed by atoms with Crippen LogP contribution in [0.1, 0.15) is 26.7 Å². The van der Waals surface area contributed by atoms with Crippen molar-refractivity contribution in [2.24, 2.45) is 5.92 Å². The van der Waals surface area contributed by atoms with E-state index in [1.54, 1.807) is 0 Å². The van der Waals surface area contributed by atoms with Crippen LogP contribution in [0.4, 0.5) is 0 Å². The number of nitrogens with one attached hydrogen (secondary N) is 1. The van der Waals surface area contributed by atoms with E-state index in [2.05, 4.69) is 64.2 Å². The molecule has 1 heterocycles. The first kappa shape index (κ1) is 11.7. The molecular formula is C13H15IN2S. The first-order chi connectivity index (χ1) is 8.00. The summed E-state index contributed by atoms with van der Waals surface area (Å²) in [5.41, 5.74) is 2.50. The maximum Gasteiger partial charge on any atom is 0.178 e. The lowest BCUT2D eigenvalue weighted by Gasteiger charge is -2.27. The van der Waals surface area contributed by atoms with Crippen molar-refractivity contribution in [3.63, 3.8) is 0 Å². The van der Waals surface area contributed by atoms with Gasteiger partial charge in [0.25, 0.3) is 0 Å². The Labute approximate surface area is 120 Å². The van der Waals surface area contributed by atoms with Gasteiger partial charge in [0, 0.05) is 9.11 Å². The van der Waals surface area contributed by atoms with E-state index in [9.17, 15) is 0 Å². The second-order valence-corrected chi connectivity index (χ2v) is 6.99. The molecule has 0 aliphatic heterocycles. The minimum Gasteiger partial charge on any atom is -0.331 e. The molecule has 0 saturated heterocycles. The highest BCUT2D eigenvalue weighted by molar-refractivity contribution is 14.1. The molecule has 1 aliphatic rings. The molecule has 4 heteroatoms. The molecule has 0 atom stereocenters. The average molecular weight is 358 g/mol. The summed E-state index contributed by atoms with van der Waals surface area (Å²) in [6, 6.07) is 6.48. The summed E-state index contributed by atoms with van der Waals surface area (Å²) in [7, 11) is 0. The fourth-order valence-electron chi connectivity index (χ4n) is 2.63. The van der Waals surface area contributed by atoms with Gasteiger partial charge in [-0.2, -0.15) is 0 Å². The number of nitrogens with zero attached hydrogens (tertiary/aromatic N) is 1. The summed E-state index contributed by atoms with van der Waals surface area (Å²) >= 11 is 7.83. The fraction of sp³-hybridized carbons (Fsp3) is 0.462. The predicted molar refractivity (Wildman–Crippen MR) is 81.9 cm³/mol. The summed E-state index contributed by atoms with van der Waals surface area (Å²) < 4.78 is 4.38. The molecule has 0 amide bonds. The molecule has 3 rings (SSSR count). The largest absolute Gasteiger partial charge is 0.331 e. The minimum atomic E-state index is 0.127. The minimum absolute atomic E-state index is 0.127. The lowest BCUT2D eigenvalue weighted by molar-refractivity contribution is 0.310. The topological polar surface area (TPSA) is 20.7 Å². The quantitative estimate of drug-likeness (QED) is 0.622. The number of halogens is 1. The summed E-state index contributed by atoms with van der Waals surface area (Å²) in [4.78, 5) is 3.33. The molecule has 1 fully saturated rings. The molecule has 1 saturated carbocycles. The van der Waals surface area contributed by atoms with Crippen molar-refractivity contribution >= 4 is 45.8 Å². The van der Waals surface area contributed by atoms with Gasteiger partial charge in [0.1, 0.15) is 0 Å². The van der Waals surface area contributed by atoms with Gasteiger partial charge in [-0.05, 0) is 85.6 Å². The third-order valence-corrected chi connectivity index (χ3v) is 4.75. The Balaban J connectivity index is 2.28. The van der Waals surface area contributed by atoms with Gasteiger partial charge in [-0.15, -0.1) is 0 Å². The van der Waals surface area contributed by atoms with Gasteiger partial charge < -0.3 is 9.55 Å². The van der Waals surface area contributed by atoms with E-state index in [4.69, 9.17) is 12.2 Å². The lowest BCUT2D eigenvalue weighted by Crippen LogP contribution is -2.28. The van der Waals surface area contributed by atoms with Crippen LogP contribution in [-0.4, -0.2) is 9.55 Å². The second kappa shape index (κ2) is 3.82. The molecule has 1 aliphatic carbocycles. The maximum atomic E-state index is 5.50. The van der Waals surface area contributed by atoms with Gasteiger partial charge >= 0.3 is 0 Å². The van der Waals surface area contributed by atoms with Gasteiger partial charge in [-0.1, -0.05) is 0 Å². The molecule has 90 valence electrons. The summed E-state index contributed by atoms with van der Waals surface area (Å²) in [5.74, 6) is 0.771. The van der Waals surface area contributed by atoms with E-state index >= 15 is 0 Å². The van der Waals surface area contributed by atoms with Gasteiger partial charge in [0.15, 0.2) is 4.77 Å².